The Kier molecular flexibility index (Phi) is 5.23. The van der Waals surface area contributed by atoms with E-state index in [1.165, 1.54) is 11.1 Å². The Hall–Kier alpha value is -2.00. The summed E-state index contributed by atoms with van der Waals surface area (Å²) in [5.41, 5.74) is 4.68. The average molecular weight is 285 g/mol. The number of aryl methyl sites for hydroxylation is 2. The summed E-state index contributed by atoms with van der Waals surface area (Å²) < 4.78 is 11.4. The fraction of sp³-hybridized carbons (Fsp3) is 0.333. The summed E-state index contributed by atoms with van der Waals surface area (Å²) in [6.07, 6.45) is 0. The Labute approximate surface area is 126 Å². The summed E-state index contributed by atoms with van der Waals surface area (Å²) in [6.45, 7) is 5.49. The van der Waals surface area contributed by atoms with Gasteiger partial charge in [-0.25, -0.2) is 0 Å². The quantitative estimate of drug-likeness (QED) is 0.879. The highest BCUT2D eigenvalue weighted by Crippen LogP contribution is 2.24. The number of benzene rings is 2. The van der Waals surface area contributed by atoms with Gasteiger partial charge in [0.05, 0.1) is 7.11 Å². The van der Waals surface area contributed by atoms with Crippen LogP contribution in [0.5, 0.6) is 11.5 Å². The van der Waals surface area contributed by atoms with E-state index in [9.17, 15) is 0 Å². The molecular weight excluding hydrogens is 262 g/mol. The van der Waals surface area contributed by atoms with Gasteiger partial charge in [0, 0.05) is 12.1 Å². The van der Waals surface area contributed by atoms with E-state index in [0.29, 0.717) is 6.61 Å². The molecule has 2 aromatic rings. The summed E-state index contributed by atoms with van der Waals surface area (Å²) in [4.78, 5) is 0. The molecule has 2 rings (SSSR count). The van der Waals surface area contributed by atoms with Crippen LogP contribution in [-0.4, -0.2) is 14.2 Å². The van der Waals surface area contributed by atoms with Crippen LogP contribution in [0.1, 0.15) is 22.3 Å². The highest BCUT2D eigenvalue weighted by atomic mass is 16.5. The van der Waals surface area contributed by atoms with Gasteiger partial charge in [0.2, 0.25) is 0 Å². The predicted molar refractivity (Wildman–Crippen MR) is 86.0 cm³/mol. The van der Waals surface area contributed by atoms with E-state index >= 15 is 0 Å². The Balaban J connectivity index is 2.16. The monoisotopic (exact) mass is 285 g/mol. The molecule has 112 valence electrons. The van der Waals surface area contributed by atoms with E-state index in [0.717, 1.165) is 29.2 Å². The minimum atomic E-state index is 0.505. The van der Waals surface area contributed by atoms with Crippen LogP contribution >= 0.6 is 0 Å². The third kappa shape index (κ3) is 3.99. The largest absolute Gasteiger partial charge is 0.496 e. The molecule has 0 bridgehead atoms. The van der Waals surface area contributed by atoms with Gasteiger partial charge < -0.3 is 14.8 Å². The number of hydrogen-bond acceptors (Lipinski definition) is 3. The fourth-order valence-electron chi connectivity index (χ4n) is 2.38. The second-order valence-electron chi connectivity index (χ2n) is 5.23. The van der Waals surface area contributed by atoms with Gasteiger partial charge in [-0.3, -0.25) is 0 Å². The molecule has 0 aliphatic heterocycles. The fourth-order valence-corrected chi connectivity index (χ4v) is 2.38. The molecule has 0 atom stereocenters. The highest BCUT2D eigenvalue weighted by Gasteiger charge is 2.07. The van der Waals surface area contributed by atoms with Crippen molar-refractivity contribution in [3.05, 3.63) is 58.7 Å². The Morgan fingerprint density at radius 2 is 1.76 bits per heavy atom. The maximum Gasteiger partial charge on any atom is 0.125 e. The first kappa shape index (κ1) is 15.4. The third-order valence-corrected chi connectivity index (χ3v) is 3.44. The molecule has 0 aromatic heterocycles. The van der Waals surface area contributed by atoms with Crippen LogP contribution in [0.2, 0.25) is 0 Å². The first-order valence-corrected chi connectivity index (χ1v) is 7.14. The first-order chi connectivity index (χ1) is 10.1. The van der Waals surface area contributed by atoms with Crippen LogP contribution in [0.4, 0.5) is 0 Å². The van der Waals surface area contributed by atoms with Gasteiger partial charge >= 0.3 is 0 Å². The van der Waals surface area contributed by atoms with Crippen molar-refractivity contribution in [3.8, 4) is 11.5 Å². The molecule has 0 unspecified atom stereocenters. The van der Waals surface area contributed by atoms with Crippen LogP contribution in [0.25, 0.3) is 0 Å². The standard InChI is InChI=1S/C18H23NO2/c1-13-5-7-17(14(2)9-13)21-12-16-10-15(11-19-3)6-8-18(16)20-4/h5-10,19H,11-12H2,1-4H3. The Bertz CT molecular complexity index is 608. The van der Waals surface area contributed by atoms with E-state index < -0.39 is 0 Å². The minimum absolute atomic E-state index is 0.505. The maximum atomic E-state index is 5.95. The molecule has 0 saturated carbocycles. The summed E-state index contributed by atoms with van der Waals surface area (Å²) in [6, 6.07) is 12.4. The summed E-state index contributed by atoms with van der Waals surface area (Å²) in [7, 11) is 3.63. The number of nitrogens with one attached hydrogen (secondary N) is 1. The zero-order valence-electron chi connectivity index (χ0n) is 13.2. The molecule has 1 N–H and O–H groups in total. The molecule has 0 fully saturated rings. The Morgan fingerprint density at radius 1 is 1.00 bits per heavy atom. The lowest BCUT2D eigenvalue weighted by molar-refractivity contribution is 0.294. The van der Waals surface area contributed by atoms with Gasteiger partial charge in [0.15, 0.2) is 0 Å². The van der Waals surface area contributed by atoms with Crippen LogP contribution < -0.4 is 14.8 Å². The van der Waals surface area contributed by atoms with Crippen LogP contribution in [0, 0.1) is 13.8 Å². The van der Waals surface area contributed by atoms with E-state index in [4.69, 9.17) is 9.47 Å². The lowest BCUT2D eigenvalue weighted by Crippen LogP contribution is -2.07. The lowest BCUT2D eigenvalue weighted by atomic mass is 10.1. The molecule has 0 heterocycles. The van der Waals surface area contributed by atoms with Crippen molar-refractivity contribution < 1.29 is 9.47 Å². The van der Waals surface area contributed by atoms with Gasteiger partial charge in [0.1, 0.15) is 18.1 Å². The zero-order valence-corrected chi connectivity index (χ0v) is 13.2. The second-order valence-corrected chi connectivity index (χ2v) is 5.23. The van der Waals surface area contributed by atoms with Crippen molar-refractivity contribution in [1.29, 1.82) is 0 Å². The summed E-state index contributed by atoms with van der Waals surface area (Å²) in [5.74, 6) is 1.78. The molecule has 0 amide bonds. The first-order valence-electron chi connectivity index (χ1n) is 7.14. The molecule has 0 aliphatic carbocycles. The smallest absolute Gasteiger partial charge is 0.125 e. The van der Waals surface area contributed by atoms with Crippen LogP contribution in [0.3, 0.4) is 0 Å². The second kappa shape index (κ2) is 7.14. The Morgan fingerprint density at radius 3 is 2.43 bits per heavy atom. The molecule has 2 aromatic carbocycles. The molecule has 0 saturated heterocycles. The van der Waals surface area contributed by atoms with Gasteiger partial charge in [0.25, 0.3) is 0 Å². The molecule has 0 spiro atoms. The predicted octanol–water partition coefficient (Wildman–Crippen LogP) is 3.61. The van der Waals surface area contributed by atoms with Gasteiger partial charge in [-0.2, -0.15) is 0 Å². The van der Waals surface area contributed by atoms with Crippen molar-refractivity contribution in [2.24, 2.45) is 0 Å². The van der Waals surface area contributed by atoms with E-state index in [-0.39, 0.29) is 0 Å². The zero-order chi connectivity index (χ0) is 15.2. The maximum absolute atomic E-state index is 5.95. The number of hydrogen-bond donors (Lipinski definition) is 1. The van der Waals surface area contributed by atoms with Gasteiger partial charge in [-0.15, -0.1) is 0 Å². The lowest BCUT2D eigenvalue weighted by Gasteiger charge is -2.13. The average Bonchev–Trinajstić information content (AvgIpc) is 2.47. The van der Waals surface area contributed by atoms with Gasteiger partial charge in [-0.05, 0) is 50.2 Å². The van der Waals surface area contributed by atoms with Crippen molar-refractivity contribution >= 4 is 0 Å². The third-order valence-electron chi connectivity index (χ3n) is 3.44. The van der Waals surface area contributed by atoms with Crippen LogP contribution in [0.15, 0.2) is 36.4 Å². The molecule has 3 nitrogen and oxygen atoms in total. The van der Waals surface area contributed by atoms with Crippen molar-refractivity contribution in [3.63, 3.8) is 0 Å². The highest BCUT2D eigenvalue weighted by molar-refractivity contribution is 5.39. The number of methoxy groups -OCH3 is 1. The van der Waals surface area contributed by atoms with E-state index in [1.807, 2.05) is 19.2 Å². The van der Waals surface area contributed by atoms with Crippen molar-refractivity contribution in [2.75, 3.05) is 14.2 Å². The van der Waals surface area contributed by atoms with E-state index in [1.54, 1.807) is 7.11 Å². The topological polar surface area (TPSA) is 30.5 Å². The molecular formula is C18H23NO2. The summed E-state index contributed by atoms with van der Waals surface area (Å²) >= 11 is 0. The normalized spacial score (nSPS) is 10.5. The minimum Gasteiger partial charge on any atom is -0.496 e. The van der Waals surface area contributed by atoms with Crippen molar-refractivity contribution in [2.45, 2.75) is 27.0 Å². The van der Waals surface area contributed by atoms with Crippen LogP contribution in [-0.2, 0) is 13.2 Å². The van der Waals surface area contributed by atoms with Gasteiger partial charge in [-0.1, -0.05) is 23.8 Å². The number of rotatable bonds is 6. The molecule has 3 heteroatoms. The summed E-state index contributed by atoms with van der Waals surface area (Å²) in [5, 5.41) is 3.16. The molecule has 0 radical (unpaired) electrons. The SMILES string of the molecule is CNCc1ccc(OC)c(COc2ccc(C)cc2C)c1. The molecule has 21 heavy (non-hydrogen) atoms. The van der Waals surface area contributed by atoms with Crippen molar-refractivity contribution in [1.82, 2.24) is 5.32 Å². The van der Waals surface area contributed by atoms with E-state index in [2.05, 4.69) is 43.4 Å². The molecule has 0 aliphatic rings. The number of ether oxygens (including phenoxy) is 2.